The minimum atomic E-state index is 0.0702. The van der Waals surface area contributed by atoms with Gasteiger partial charge in [-0.2, -0.15) is 0 Å². The van der Waals surface area contributed by atoms with E-state index < -0.39 is 0 Å². The number of hydrogen-bond acceptors (Lipinski definition) is 2. The summed E-state index contributed by atoms with van der Waals surface area (Å²) in [5, 5.41) is 0. The third-order valence-electron chi connectivity index (χ3n) is 3.36. The lowest BCUT2D eigenvalue weighted by Crippen LogP contribution is -2.38. The van der Waals surface area contributed by atoms with Gasteiger partial charge in [0.25, 0.3) is 0 Å². The number of hydrogen-bond donors (Lipinski definition) is 1. The van der Waals surface area contributed by atoms with Crippen LogP contribution in [-0.2, 0) is 6.42 Å². The van der Waals surface area contributed by atoms with Crippen molar-refractivity contribution in [3.63, 3.8) is 0 Å². The van der Waals surface area contributed by atoms with E-state index in [1.54, 1.807) is 0 Å². The highest BCUT2D eigenvalue weighted by atomic mass is 32.1. The van der Waals surface area contributed by atoms with Crippen molar-refractivity contribution in [2.45, 2.75) is 46.1 Å². The van der Waals surface area contributed by atoms with Crippen molar-refractivity contribution >= 4 is 17.2 Å². The van der Waals surface area contributed by atoms with Gasteiger partial charge in [-0.25, -0.2) is 0 Å². The molecule has 0 radical (unpaired) electrons. The Morgan fingerprint density at radius 2 is 1.63 bits per heavy atom. The summed E-state index contributed by atoms with van der Waals surface area (Å²) < 4.78 is 0. The van der Waals surface area contributed by atoms with E-state index in [0.29, 0.717) is 4.99 Å². The van der Waals surface area contributed by atoms with Gasteiger partial charge >= 0.3 is 0 Å². The van der Waals surface area contributed by atoms with Crippen molar-refractivity contribution in [3.8, 4) is 0 Å². The van der Waals surface area contributed by atoms with Crippen LogP contribution >= 0.6 is 12.2 Å². The summed E-state index contributed by atoms with van der Waals surface area (Å²) in [7, 11) is 0. The zero-order valence-electron chi connectivity index (χ0n) is 12.4. The maximum absolute atomic E-state index is 5.99. The number of benzene rings is 1. The van der Waals surface area contributed by atoms with Gasteiger partial charge in [-0.3, -0.25) is 4.90 Å². The van der Waals surface area contributed by atoms with Gasteiger partial charge in [-0.1, -0.05) is 57.3 Å². The van der Waals surface area contributed by atoms with Crippen LogP contribution in [0.5, 0.6) is 0 Å². The average molecular weight is 278 g/mol. The van der Waals surface area contributed by atoms with Crippen LogP contribution in [0.15, 0.2) is 24.3 Å². The third kappa shape index (κ3) is 4.59. The van der Waals surface area contributed by atoms with E-state index in [-0.39, 0.29) is 6.04 Å². The predicted octanol–water partition coefficient (Wildman–Crippen LogP) is 3.70. The Hall–Kier alpha value is -0.930. The van der Waals surface area contributed by atoms with Crippen molar-refractivity contribution in [1.29, 1.82) is 0 Å². The van der Waals surface area contributed by atoms with Gasteiger partial charge in [-0.05, 0) is 43.5 Å². The molecule has 19 heavy (non-hydrogen) atoms. The SMILES string of the molecule is CCCN(CCC)C(C(N)=S)c1ccc(CC)cc1. The van der Waals surface area contributed by atoms with Crippen LogP contribution in [0.3, 0.4) is 0 Å². The number of nitrogens with zero attached hydrogens (tertiary/aromatic N) is 1. The van der Waals surface area contributed by atoms with Crippen LogP contribution < -0.4 is 5.73 Å². The zero-order chi connectivity index (χ0) is 14.3. The molecule has 0 aromatic heterocycles. The molecule has 0 spiro atoms. The second-order valence-corrected chi connectivity index (χ2v) is 5.41. The first-order chi connectivity index (χ1) is 9.13. The molecule has 0 aliphatic carbocycles. The molecule has 0 aliphatic heterocycles. The highest BCUT2D eigenvalue weighted by molar-refractivity contribution is 7.80. The standard InChI is InChI=1S/C16H26N2S/c1-4-11-18(12-5-2)15(16(17)19)14-9-7-13(6-3)8-10-14/h7-10,15H,4-6,11-12H2,1-3H3,(H2,17,19). The lowest BCUT2D eigenvalue weighted by molar-refractivity contribution is 0.245. The number of aryl methyl sites for hydroxylation is 1. The van der Waals surface area contributed by atoms with E-state index in [1.807, 2.05) is 0 Å². The molecular weight excluding hydrogens is 252 g/mol. The van der Waals surface area contributed by atoms with Gasteiger partial charge < -0.3 is 5.73 Å². The number of thiocarbonyl (C=S) groups is 1. The molecule has 0 saturated heterocycles. The van der Waals surface area contributed by atoms with Crippen LogP contribution in [0.1, 0.15) is 50.8 Å². The third-order valence-corrected chi connectivity index (χ3v) is 3.58. The molecule has 2 N–H and O–H groups in total. The summed E-state index contributed by atoms with van der Waals surface area (Å²) in [5.74, 6) is 0. The molecule has 1 atom stereocenters. The second kappa shape index (κ2) is 8.28. The molecule has 1 aromatic carbocycles. The van der Waals surface area contributed by atoms with Crippen LogP contribution in [0.4, 0.5) is 0 Å². The summed E-state index contributed by atoms with van der Waals surface area (Å²) in [6.45, 7) is 8.62. The molecule has 3 heteroatoms. The Kier molecular flexibility index (Phi) is 7.03. The molecule has 1 aromatic rings. The smallest absolute Gasteiger partial charge is 0.0948 e. The monoisotopic (exact) mass is 278 g/mol. The number of rotatable bonds is 8. The molecule has 0 bridgehead atoms. The van der Waals surface area contributed by atoms with Crippen LogP contribution in [0, 0.1) is 0 Å². The van der Waals surface area contributed by atoms with Crippen molar-refractivity contribution in [2.24, 2.45) is 5.73 Å². The van der Waals surface area contributed by atoms with Crippen LogP contribution in [0.2, 0.25) is 0 Å². The molecule has 0 saturated carbocycles. The zero-order valence-corrected chi connectivity index (χ0v) is 13.2. The first-order valence-corrected chi connectivity index (χ1v) is 7.67. The maximum atomic E-state index is 5.99. The maximum Gasteiger partial charge on any atom is 0.0948 e. The Morgan fingerprint density at radius 3 is 2.00 bits per heavy atom. The summed E-state index contributed by atoms with van der Waals surface area (Å²) in [6, 6.07) is 8.76. The summed E-state index contributed by atoms with van der Waals surface area (Å²) in [4.78, 5) is 2.97. The van der Waals surface area contributed by atoms with Crippen molar-refractivity contribution in [1.82, 2.24) is 4.90 Å². The fourth-order valence-electron chi connectivity index (χ4n) is 2.44. The highest BCUT2D eigenvalue weighted by Gasteiger charge is 2.21. The van der Waals surface area contributed by atoms with Gasteiger partial charge in [0, 0.05) is 0 Å². The molecular formula is C16H26N2S. The van der Waals surface area contributed by atoms with E-state index >= 15 is 0 Å². The van der Waals surface area contributed by atoms with E-state index in [0.717, 1.165) is 32.4 Å². The minimum Gasteiger partial charge on any atom is -0.392 e. The van der Waals surface area contributed by atoms with E-state index in [9.17, 15) is 0 Å². The van der Waals surface area contributed by atoms with E-state index in [2.05, 4.69) is 49.9 Å². The van der Waals surface area contributed by atoms with Gasteiger partial charge in [0.1, 0.15) is 0 Å². The topological polar surface area (TPSA) is 29.3 Å². The fraction of sp³-hybridized carbons (Fsp3) is 0.562. The largest absolute Gasteiger partial charge is 0.392 e. The predicted molar refractivity (Wildman–Crippen MR) is 87.5 cm³/mol. The quantitative estimate of drug-likeness (QED) is 0.735. The second-order valence-electron chi connectivity index (χ2n) is 4.94. The van der Waals surface area contributed by atoms with Gasteiger partial charge in [0.15, 0.2) is 0 Å². The van der Waals surface area contributed by atoms with Gasteiger partial charge in [0.05, 0.1) is 11.0 Å². The highest BCUT2D eigenvalue weighted by Crippen LogP contribution is 2.22. The molecule has 106 valence electrons. The van der Waals surface area contributed by atoms with Gasteiger partial charge in [0.2, 0.25) is 0 Å². The van der Waals surface area contributed by atoms with Crippen molar-refractivity contribution < 1.29 is 0 Å². The lowest BCUT2D eigenvalue weighted by atomic mass is 10.0. The van der Waals surface area contributed by atoms with Crippen molar-refractivity contribution in [3.05, 3.63) is 35.4 Å². The Bertz CT molecular complexity index is 380. The van der Waals surface area contributed by atoms with Gasteiger partial charge in [-0.15, -0.1) is 0 Å². The van der Waals surface area contributed by atoms with Crippen LogP contribution in [-0.4, -0.2) is 23.0 Å². The molecule has 0 amide bonds. The molecule has 1 unspecified atom stereocenters. The summed E-state index contributed by atoms with van der Waals surface area (Å²) in [6.07, 6.45) is 3.30. The Morgan fingerprint density at radius 1 is 1.11 bits per heavy atom. The minimum absolute atomic E-state index is 0.0702. The molecule has 2 nitrogen and oxygen atoms in total. The fourth-order valence-corrected chi connectivity index (χ4v) is 2.72. The molecule has 0 aliphatic rings. The average Bonchev–Trinajstić information content (AvgIpc) is 2.40. The molecule has 0 fully saturated rings. The Labute approximate surface area is 123 Å². The summed E-state index contributed by atoms with van der Waals surface area (Å²) >= 11 is 5.30. The van der Waals surface area contributed by atoms with Crippen molar-refractivity contribution in [2.75, 3.05) is 13.1 Å². The molecule has 1 rings (SSSR count). The Balaban J connectivity index is 2.99. The summed E-state index contributed by atoms with van der Waals surface area (Å²) in [5.41, 5.74) is 8.55. The molecule has 0 heterocycles. The van der Waals surface area contributed by atoms with E-state index in [1.165, 1.54) is 11.1 Å². The van der Waals surface area contributed by atoms with Crippen LogP contribution in [0.25, 0.3) is 0 Å². The number of nitrogens with two attached hydrogens (primary N) is 1. The normalized spacial score (nSPS) is 12.6. The first-order valence-electron chi connectivity index (χ1n) is 7.26. The first kappa shape index (κ1) is 16.1. The van der Waals surface area contributed by atoms with E-state index in [4.69, 9.17) is 18.0 Å². The lowest BCUT2D eigenvalue weighted by Gasteiger charge is -2.31.